The van der Waals surface area contributed by atoms with E-state index in [0.29, 0.717) is 22.9 Å². The van der Waals surface area contributed by atoms with Gasteiger partial charge in [-0.3, -0.25) is 9.59 Å². The van der Waals surface area contributed by atoms with Gasteiger partial charge in [0, 0.05) is 30.5 Å². The van der Waals surface area contributed by atoms with Crippen molar-refractivity contribution in [1.82, 2.24) is 10.6 Å². The van der Waals surface area contributed by atoms with E-state index in [0.717, 1.165) is 0 Å². The van der Waals surface area contributed by atoms with Crippen LogP contribution >= 0.6 is 0 Å². The predicted octanol–water partition coefficient (Wildman–Crippen LogP) is 2.23. The Hall–Kier alpha value is -2.43. The van der Waals surface area contributed by atoms with E-state index in [9.17, 15) is 14.0 Å². The van der Waals surface area contributed by atoms with Crippen molar-refractivity contribution >= 4 is 22.6 Å². The van der Waals surface area contributed by atoms with Crippen molar-refractivity contribution in [2.24, 2.45) is 0 Å². The second-order valence-electron chi connectivity index (χ2n) is 4.60. The summed E-state index contributed by atoms with van der Waals surface area (Å²) >= 11 is 0. The average Bonchev–Trinajstić information content (AvgIpc) is 2.48. The standard InChI is InChI=1S/C16H17FN2O2/c1-2-18-15(20)9-10-19-16(21)13-7-8-14(17)12-6-4-3-5-11(12)13/h3-8H,2,9-10H2,1H3,(H,18,20)(H,19,21). The molecule has 0 heterocycles. The number of hydrogen-bond acceptors (Lipinski definition) is 2. The van der Waals surface area contributed by atoms with Crippen LogP contribution in [0.3, 0.4) is 0 Å². The van der Waals surface area contributed by atoms with Gasteiger partial charge in [0.2, 0.25) is 5.91 Å². The topological polar surface area (TPSA) is 58.2 Å². The highest BCUT2D eigenvalue weighted by Crippen LogP contribution is 2.21. The quantitative estimate of drug-likeness (QED) is 0.886. The van der Waals surface area contributed by atoms with Gasteiger partial charge in [0.1, 0.15) is 5.82 Å². The average molecular weight is 288 g/mol. The molecule has 0 aliphatic heterocycles. The molecule has 2 amide bonds. The smallest absolute Gasteiger partial charge is 0.251 e. The molecule has 110 valence electrons. The SMILES string of the molecule is CCNC(=O)CCNC(=O)c1ccc(F)c2ccccc12. The normalized spacial score (nSPS) is 10.4. The van der Waals surface area contributed by atoms with Crippen molar-refractivity contribution in [2.75, 3.05) is 13.1 Å². The van der Waals surface area contributed by atoms with Crippen LogP contribution in [0.25, 0.3) is 10.8 Å². The molecule has 2 N–H and O–H groups in total. The third-order valence-corrected chi connectivity index (χ3v) is 3.13. The highest BCUT2D eigenvalue weighted by molar-refractivity contribution is 6.07. The van der Waals surface area contributed by atoms with Gasteiger partial charge in [0.25, 0.3) is 5.91 Å². The van der Waals surface area contributed by atoms with E-state index in [1.165, 1.54) is 12.1 Å². The molecule has 2 rings (SSSR count). The van der Waals surface area contributed by atoms with Crippen molar-refractivity contribution in [1.29, 1.82) is 0 Å². The van der Waals surface area contributed by atoms with Crippen LogP contribution in [0, 0.1) is 5.82 Å². The monoisotopic (exact) mass is 288 g/mol. The van der Waals surface area contributed by atoms with E-state index in [1.54, 1.807) is 24.3 Å². The zero-order valence-electron chi connectivity index (χ0n) is 11.8. The molecule has 0 saturated carbocycles. The van der Waals surface area contributed by atoms with E-state index in [-0.39, 0.29) is 30.6 Å². The van der Waals surface area contributed by atoms with Gasteiger partial charge in [-0.2, -0.15) is 0 Å². The first-order valence-electron chi connectivity index (χ1n) is 6.85. The molecule has 0 radical (unpaired) electrons. The summed E-state index contributed by atoms with van der Waals surface area (Å²) in [6, 6.07) is 9.56. The molecular weight excluding hydrogens is 271 g/mol. The summed E-state index contributed by atoms with van der Waals surface area (Å²) in [5.41, 5.74) is 0.405. The molecule has 2 aromatic carbocycles. The maximum Gasteiger partial charge on any atom is 0.251 e. The largest absolute Gasteiger partial charge is 0.356 e. The van der Waals surface area contributed by atoms with Crippen LogP contribution in [0.5, 0.6) is 0 Å². The van der Waals surface area contributed by atoms with Crippen LogP contribution in [-0.4, -0.2) is 24.9 Å². The number of fused-ring (bicyclic) bond motifs is 1. The summed E-state index contributed by atoms with van der Waals surface area (Å²) in [7, 11) is 0. The summed E-state index contributed by atoms with van der Waals surface area (Å²) in [4.78, 5) is 23.5. The van der Waals surface area contributed by atoms with E-state index < -0.39 is 0 Å². The Balaban J connectivity index is 2.10. The number of halogens is 1. The van der Waals surface area contributed by atoms with E-state index in [1.807, 2.05) is 6.92 Å². The number of amides is 2. The minimum absolute atomic E-state index is 0.109. The first-order valence-corrected chi connectivity index (χ1v) is 6.85. The van der Waals surface area contributed by atoms with Gasteiger partial charge in [-0.15, -0.1) is 0 Å². The summed E-state index contributed by atoms with van der Waals surface area (Å²) in [5, 5.41) is 6.31. The molecular formula is C16H17FN2O2. The third-order valence-electron chi connectivity index (χ3n) is 3.13. The Kier molecular flexibility index (Phi) is 4.87. The van der Waals surface area contributed by atoms with Crippen LogP contribution in [-0.2, 0) is 4.79 Å². The van der Waals surface area contributed by atoms with Gasteiger partial charge in [0.15, 0.2) is 0 Å². The lowest BCUT2D eigenvalue weighted by molar-refractivity contribution is -0.120. The third kappa shape index (κ3) is 3.56. The second kappa shape index (κ2) is 6.83. The number of hydrogen-bond donors (Lipinski definition) is 2. The maximum absolute atomic E-state index is 13.7. The number of carbonyl (C=O) groups is 2. The van der Waals surface area contributed by atoms with Crippen molar-refractivity contribution in [3.63, 3.8) is 0 Å². The second-order valence-corrected chi connectivity index (χ2v) is 4.60. The summed E-state index contributed by atoms with van der Waals surface area (Å²) in [6.07, 6.45) is 0.221. The number of benzene rings is 2. The van der Waals surface area contributed by atoms with Gasteiger partial charge in [0.05, 0.1) is 0 Å². The number of carbonyl (C=O) groups excluding carboxylic acids is 2. The lowest BCUT2D eigenvalue weighted by Crippen LogP contribution is -2.30. The van der Waals surface area contributed by atoms with Crippen molar-refractivity contribution in [3.8, 4) is 0 Å². The van der Waals surface area contributed by atoms with Crippen molar-refractivity contribution in [3.05, 3.63) is 47.8 Å². The molecule has 0 aliphatic rings. The Labute approximate surface area is 122 Å². The van der Waals surface area contributed by atoms with Crippen LogP contribution < -0.4 is 10.6 Å². The fourth-order valence-electron chi connectivity index (χ4n) is 2.13. The molecule has 0 fully saturated rings. The lowest BCUT2D eigenvalue weighted by atomic mass is 10.0. The zero-order valence-corrected chi connectivity index (χ0v) is 11.8. The lowest BCUT2D eigenvalue weighted by Gasteiger charge is -2.08. The molecule has 4 nitrogen and oxygen atoms in total. The zero-order chi connectivity index (χ0) is 15.2. The molecule has 5 heteroatoms. The van der Waals surface area contributed by atoms with Crippen molar-refractivity contribution < 1.29 is 14.0 Å². The molecule has 0 aliphatic carbocycles. The highest BCUT2D eigenvalue weighted by Gasteiger charge is 2.12. The number of rotatable bonds is 5. The minimum Gasteiger partial charge on any atom is -0.356 e. The summed E-state index contributed by atoms with van der Waals surface area (Å²) < 4.78 is 13.7. The molecule has 0 atom stereocenters. The van der Waals surface area contributed by atoms with Crippen LogP contribution in [0.1, 0.15) is 23.7 Å². The first-order chi connectivity index (χ1) is 10.1. The van der Waals surface area contributed by atoms with Gasteiger partial charge in [-0.05, 0) is 24.4 Å². The van der Waals surface area contributed by atoms with Crippen LogP contribution in [0.4, 0.5) is 4.39 Å². The molecule has 21 heavy (non-hydrogen) atoms. The minimum atomic E-state index is -0.357. The van der Waals surface area contributed by atoms with E-state index >= 15 is 0 Å². The fraction of sp³-hybridized carbons (Fsp3) is 0.250. The molecule has 0 unspecified atom stereocenters. The number of nitrogens with one attached hydrogen (secondary N) is 2. The highest BCUT2D eigenvalue weighted by atomic mass is 19.1. The molecule has 0 spiro atoms. The van der Waals surface area contributed by atoms with Gasteiger partial charge in [-0.25, -0.2) is 4.39 Å². The van der Waals surface area contributed by atoms with Crippen LogP contribution in [0.2, 0.25) is 0 Å². The van der Waals surface area contributed by atoms with Crippen molar-refractivity contribution in [2.45, 2.75) is 13.3 Å². The summed E-state index contributed by atoms with van der Waals surface area (Å²) in [5.74, 6) is -0.776. The first kappa shape index (κ1) is 15.0. The Bertz CT molecular complexity index is 670. The molecule has 0 saturated heterocycles. The molecule has 0 bridgehead atoms. The van der Waals surface area contributed by atoms with Crippen LogP contribution in [0.15, 0.2) is 36.4 Å². The molecule has 2 aromatic rings. The summed E-state index contributed by atoms with van der Waals surface area (Å²) in [6.45, 7) is 2.65. The van der Waals surface area contributed by atoms with Gasteiger partial charge < -0.3 is 10.6 Å². The maximum atomic E-state index is 13.7. The van der Waals surface area contributed by atoms with E-state index in [2.05, 4.69) is 10.6 Å². The fourth-order valence-corrected chi connectivity index (χ4v) is 2.13. The Morgan fingerprint density at radius 2 is 1.76 bits per heavy atom. The van der Waals surface area contributed by atoms with E-state index in [4.69, 9.17) is 0 Å². The Morgan fingerprint density at radius 3 is 2.48 bits per heavy atom. The Morgan fingerprint density at radius 1 is 1.05 bits per heavy atom. The predicted molar refractivity (Wildman–Crippen MR) is 79.5 cm³/mol. The molecule has 0 aromatic heterocycles. The van der Waals surface area contributed by atoms with Gasteiger partial charge >= 0.3 is 0 Å². The van der Waals surface area contributed by atoms with Gasteiger partial charge in [-0.1, -0.05) is 24.3 Å².